The van der Waals surface area contributed by atoms with Crippen LogP contribution in [0, 0.1) is 0 Å². The molecule has 8 heteroatoms. The molecule has 0 bridgehead atoms. The summed E-state index contributed by atoms with van der Waals surface area (Å²) in [5, 5.41) is 5.09. The third kappa shape index (κ3) is 3.31. The largest absolute Gasteiger partial charge is 0.441 e. The van der Waals surface area contributed by atoms with E-state index in [-0.39, 0.29) is 13.2 Å². The molecule has 2 heterocycles. The molecule has 114 valence electrons. The maximum atomic E-state index is 11.4. The van der Waals surface area contributed by atoms with Crippen LogP contribution in [0.2, 0.25) is 0 Å². The zero-order valence-corrected chi connectivity index (χ0v) is 11.6. The van der Waals surface area contributed by atoms with Gasteiger partial charge >= 0.3 is 12.2 Å². The molecule has 0 spiro atoms. The van der Waals surface area contributed by atoms with Crippen molar-refractivity contribution in [3.8, 4) is 0 Å². The molecule has 2 N–H and O–H groups in total. The number of alkyl carbamates (subject to hydrolysis) is 2. The lowest BCUT2D eigenvalue weighted by Crippen LogP contribution is -2.39. The van der Waals surface area contributed by atoms with Gasteiger partial charge in [0.1, 0.15) is 12.2 Å². The predicted octanol–water partition coefficient (Wildman–Crippen LogP) is 0.0134. The lowest BCUT2D eigenvalue weighted by atomic mass is 10.1. The zero-order chi connectivity index (χ0) is 14.5. The first-order valence-electron chi connectivity index (χ1n) is 6.77. The van der Waals surface area contributed by atoms with Gasteiger partial charge in [-0.1, -0.05) is 0 Å². The molecule has 0 unspecified atom stereocenters. The summed E-state index contributed by atoms with van der Waals surface area (Å²) in [6.45, 7) is 5.06. The molecule has 2 rings (SSSR count). The van der Waals surface area contributed by atoms with Gasteiger partial charge in [-0.05, 0) is 13.8 Å². The number of fused-ring (bicyclic) bond motifs is 1. The van der Waals surface area contributed by atoms with Crippen LogP contribution in [0.4, 0.5) is 9.59 Å². The standard InChI is InChI=1S/C12H20N2O6/c1-3-13-11(15)19-7-5-17-10-8(6-18-9(7)10)20-12(16)14-4-2/h7-10H,3-6H2,1-2H3,(H,13,15)(H,14,16)/t7-,8+,9-,10-/m1/s1. The van der Waals surface area contributed by atoms with E-state index in [9.17, 15) is 9.59 Å². The van der Waals surface area contributed by atoms with Crippen LogP contribution in [-0.4, -0.2) is 62.9 Å². The molecule has 20 heavy (non-hydrogen) atoms. The highest BCUT2D eigenvalue weighted by Gasteiger charge is 2.51. The van der Waals surface area contributed by atoms with E-state index in [1.807, 2.05) is 0 Å². The molecular weight excluding hydrogens is 268 g/mol. The average molecular weight is 288 g/mol. The van der Waals surface area contributed by atoms with Crippen molar-refractivity contribution in [3.05, 3.63) is 0 Å². The normalized spacial score (nSPS) is 31.5. The number of nitrogens with one attached hydrogen (secondary N) is 2. The molecule has 0 aromatic rings. The predicted molar refractivity (Wildman–Crippen MR) is 67.4 cm³/mol. The molecule has 2 aliphatic rings. The monoisotopic (exact) mass is 288 g/mol. The van der Waals surface area contributed by atoms with E-state index >= 15 is 0 Å². The van der Waals surface area contributed by atoms with Crippen molar-refractivity contribution in [2.45, 2.75) is 38.3 Å². The number of hydrogen-bond donors (Lipinski definition) is 2. The Balaban J connectivity index is 1.84. The molecule has 2 saturated heterocycles. The second-order valence-electron chi connectivity index (χ2n) is 4.54. The van der Waals surface area contributed by atoms with Gasteiger partial charge in [0.15, 0.2) is 12.2 Å². The van der Waals surface area contributed by atoms with Crippen molar-refractivity contribution in [2.75, 3.05) is 26.3 Å². The van der Waals surface area contributed by atoms with E-state index in [0.717, 1.165) is 0 Å². The van der Waals surface area contributed by atoms with Gasteiger partial charge in [0, 0.05) is 13.1 Å². The van der Waals surface area contributed by atoms with Gasteiger partial charge in [0.2, 0.25) is 0 Å². The summed E-state index contributed by atoms with van der Waals surface area (Å²) in [7, 11) is 0. The van der Waals surface area contributed by atoms with E-state index in [2.05, 4.69) is 10.6 Å². The van der Waals surface area contributed by atoms with Crippen molar-refractivity contribution in [2.24, 2.45) is 0 Å². The maximum Gasteiger partial charge on any atom is 0.407 e. The molecule has 4 atom stereocenters. The van der Waals surface area contributed by atoms with E-state index in [1.54, 1.807) is 13.8 Å². The Morgan fingerprint density at radius 3 is 1.70 bits per heavy atom. The zero-order valence-electron chi connectivity index (χ0n) is 11.6. The Bertz CT molecular complexity index is 330. The average Bonchev–Trinajstić information content (AvgIpc) is 2.95. The Hall–Kier alpha value is -1.54. The van der Waals surface area contributed by atoms with Crippen LogP contribution in [0.3, 0.4) is 0 Å². The molecule has 0 saturated carbocycles. The molecule has 2 aliphatic heterocycles. The van der Waals surface area contributed by atoms with Crippen LogP contribution in [0.25, 0.3) is 0 Å². The van der Waals surface area contributed by atoms with E-state index in [1.165, 1.54) is 0 Å². The fraction of sp³-hybridized carbons (Fsp3) is 0.833. The quantitative estimate of drug-likeness (QED) is 0.757. The highest BCUT2D eigenvalue weighted by atomic mass is 16.7. The Morgan fingerprint density at radius 2 is 1.35 bits per heavy atom. The molecular formula is C12H20N2O6. The molecule has 8 nitrogen and oxygen atoms in total. The van der Waals surface area contributed by atoms with Gasteiger partial charge in [0.05, 0.1) is 13.2 Å². The summed E-state index contributed by atoms with van der Waals surface area (Å²) in [6.07, 6.45) is -2.74. The second kappa shape index (κ2) is 6.76. The summed E-state index contributed by atoms with van der Waals surface area (Å²) in [5.74, 6) is 0. The fourth-order valence-electron chi connectivity index (χ4n) is 2.28. The first-order chi connectivity index (χ1) is 9.65. The summed E-state index contributed by atoms with van der Waals surface area (Å²) in [6, 6.07) is 0. The number of ether oxygens (including phenoxy) is 4. The van der Waals surface area contributed by atoms with Crippen molar-refractivity contribution in [1.29, 1.82) is 0 Å². The van der Waals surface area contributed by atoms with E-state index in [4.69, 9.17) is 18.9 Å². The molecule has 0 aromatic heterocycles. The SMILES string of the molecule is CCNC(=O)O[C@H]1CO[C@H]2[C@@H]1OC[C@H]2OC(=O)NCC. The van der Waals surface area contributed by atoms with Gasteiger partial charge < -0.3 is 29.6 Å². The highest BCUT2D eigenvalue weighted by Crippen LogP contribution is 2.30. The number of carbonyl (C=O) groups is 2. The Labute approximate surface area is 117 Å². The lowest BCUT2D eigenvalue weighted by Gasteiger charge is -2.17. The third-order valence-electron chi connectivity index (χ3n) is 3.12. The van der Waals surface area contributed by atoms with Crippen molar-refractivity contribution in [3.63, 3.8) is 0 Å². The molecule has 0 aliphatic carbocycles. The molecule has 2 amide bonds. The number of hydrogen-bond acceptors (Lipinski definition) is 6. The van der Waals surface area contributed by atoms with Crippen LogP contribution in [0.5, 0.6) is 0 Å². The number of carbonyl (C=O) groups excluding carboxylic acids is 2. The van der Waals surface area contributed by atoms with Gasteiger partial charge in [-0.3, -0.25) is 0 Å². The summed E-state index contributed by atoms with van der Waals surface area (Å²) >= 11 is 0. The van der Waals surface area contributed by atoms with Crippen LogP contribution in [0.15, 0.2) is 0 Å². The van der Waals surface area contributed by atoms with Gasteiger partial charge in [-0.15, -0.1) is 0 Å². The fourth-order valence-corrected chi connectivity index (χ4v) is 2.28. The Morgan fingerprint density at radius 1 is 0.950 bits per heavy atom. The first-order valence-corrected chi connectivity index (χ1v) is 6.77. The minimum absolute atomic E-state index is 0.238. The van der Waals surface area contributed by atoms with Gasteiger partial charge in [-0.25, -0.2) is 9.59 Å². The van der Waals surface area contributed by atoms with Crippen LogP contribution in [0.1, 0.15) is 13.8 Å². The lowest BCUT2D eigenvalue weighted by molar-refractivity contribution is -0.0117. The third-order valence-corrected chi connectivity index (χ3v) is 3.12. The molecule has 0 aromatic carbocycles. The number of amides is 2. The second-order valence-corrected chi connectivity index (χ2v) is 4.54. The molecule has 2 fully saturated rings. The number of rotatable bonds is 4. The van der Waals surface area contributed by atoms with Gasteiger partial charge in [0.25, 0.3) is 0 Å². The van der Waals surface area contributed by atoms with Gasteiger partial charge in [-0.2, -0.15) is 0 Å². The minimum atomic E-state index is -0.501. The topological polar surface area (TPSA) is 95.1 Å². The van der Waals surface area contributed by atoms with Crippen LogP contribution >= 0.6 is 0 Å². The maximum absolute atomic E-state index is 11.4. The highest BCUT2D eigenvalue weighted by molar-refractivity contribution is 5.68. The summed E-state index contributed by atoms with van der Waals surface area (Å²) < 4.78 is 21.5. The molecule has 0 radical (unpaired) electrons. The first kappa shape index (κ1) is 14.9. The van der Waals surface area contributed by atoms with Crippen LogP contribution in [-0.2, 0) is 18.9 Å². The minimum Gasteiger partial charge on any atom is -0.441 e. The summed E-state index contributed by atoms with van der Waals surface area (Å²) in [5.41, 5.74) is 0. The van der Waals surface area contributed by atoms with E-state index in [0.29, 0.717) is 13.1 Å². The van der Waals surface area contributed by atoms with Crippen molar-refractivity contribution in [1.82, 2.24) is 10.6 Å². The van der Waals surface area contributed by atoms with Crippen molar-refractivity contribution < 1.29 is 28.5 Å². The van der Waals surface area contributed by atoms with Crippen molar-refractivity contribution >= 4 is 12.2 Å². The smallest absolute Gasteiger partial charge is 0.407 e. The van der Waals surface area contributed by atoms with E-state index < -0.39 is 36.6 Å². The van der Waals surface area contributed by atoms with Crippen LogP contribution < -0.4 is 10.6 Å². The summed E-state index contributed by atoms with van der Waals surface area (Å²) in [4.78, 5) is 22.8. The Kier molecular flexibility index (Phi) is 5.02.